The summed E-state index contributed by atoms with van der Waals surface area (Å²) in [4.78, 5) is 7.15. The second-order valence-electron chi connectivity index (χ2n) is 7.03. The molecule has 3 nitrogen and oxygen atoms in total. The van der Waals surface area contributed by atoms with E-state index in [1.807, 2.05) is 18.2 Å². The van der Waals surface area contributed by atoms with Crippen LogP contribution in [0, 0.1) is 11.7 Å². The fraction of sp³-hybridized carbons (Fsp3) is 0.381. The van der Waals surface area contributed by atoms with E-state index in [-0.39, 0.29) is 5.82 Å². The van der Waals surface area contributed by atoms with Crippen LogP contribution in [0.1, 0.15) is 18.4 Å². The van der Waals surface area contributed by atoms with Crippen LogP contribution in [0.3, 0.4) is 0 Å². The van der Waals surface area contributed by atoms with Crippen LogP contribution in [0.2, 0.25) is 0 Å². The average molecular weight is 370 g/mol. The molecule has 0 spiro atoms. The van der Waals surface area contributed by atoms with Crippen molar-refractivity contribution in [2.75, 3.05) is 31.5 Å². The Morgan fingerprint density at radius 1 is 1.08 bits per heavy atom. The number of fused-ring (bicyclic) bond motifs is 1. The highest BCUT2D eigenvalue weighted by Crippen LogP contribution is 2.25. The van der Waals surface area contributed by atoms with Gasteiger partial charge in [0.2, 0.25) is 0 Å². The first kappa shape index (κ1) is 17.4. The van der Waals surface area contributed by atoms with Crippen molar-refractivity contribution in [3.8, 4) is 0 Å². The molecule has 1 aliphatic heterocycles. The van der Waals surface area contributed by atoms with Crippen LogP contribution in [0.4, 0.5) is 9.52 Å². The third-order valence-electron chi connectivity index (χ3n) is 5.14. The second kappa shape index (κ2) is 8.14. The average Bonchev–Trinajstić information content (AvgIpc) is 3.08. The summed E-state index contributed by atoms with van der Waals surface area (Å²) in [7, 11) is 0. The highest BCUT2D eigenvalue weighted by Gasteiger charge is 2.19. The largest absolute Gasteiger partial charge is 0.360 e. The van der Waals surface area contributed by atoms with Gasteiger partial charge in [-0.05, 0) is 68.1 Å². The molecule has 136 valence electrons. The number of halogens is 1. The Labute approximate surface area is 157 Å². The third kappa shape index (κ3) is 4.40. The highest BCUT2D eigenvalue weighted by atomic mass is 32.1. The van der Waals surface area contributed by atoms with Crippen molar-refractivity contribution in [1.82, 2.24) is 9.88 Å². The summed E-state index contributed by atoms with van der Waals surface area (Å²) in [5, 5.41) is 4.48. The molecule has 1 N–H and O–H groups in total. The highest BCUT2D eigenvalue weighted by molar-refractivity contribution is 7.22. The van der Waals surface area contributed by atoms with Crippen molar-refractivity contribution >= 4 is 26.7 Å². The topological polar surface area (TPSA) is 28.2 Å². The number of hydrogen-bond acceptors (Lipinski definition) is 4. The molecule has 0 saturated carbocycles. The molecule has 2 aromatic carbocycles. The van der Waals surface area contributed by atoms with Crippen molar-refractivity contribution in [3.05, 3.63) is 59.9 Å². The zero-order chi connectivity index (χ0) is 17.8. The molecule has 1 aromatic heterocycles. The van der Waals surface area contributed by atoms with E-state index in [4.69, 9.17) is 0 Å². The molecule has 2 heterocycles. The predicted octanol–water partition coefficient (Wildman–Crippen LogP) is 4.80. The molecule has 1 fully saturated rings. The Morgan fingerprint density at radius 3 is 2.62 bits per heavy atom. The standard InChI is InChI=1S/C21H24FN3S/c22-18-7-5-16(6-8-18)15-17-9-12-25(13-10-17)14-11-23-21-24-19-3-1-2-4-20(19)26-21/h1-8,17H,9-15H2,(H,23,24). The number of likely N-dealkylation sites (tertiary alicyclic amines) is 1. The molecule has 1 saturated heterocycles. The van der Waals surface area contributed by atoms with Crippen LogP contribution >= 0.6 is 11.3 Å². The monoisotopic (exact) mass is 369 g/mol. The minimum absolute atomic E-state index is 0.149. The van der Waals surface area contributed by atoms with Gasteiger partial charge in [-0.2, -0.15) is 0 Å². The number of piperidine rings is 1. The molecule has 0 atom stereocenters. The van der Waals surface area contributed by atoms with Gasteiger partial charge in [0.05, 0.1) is 10.2 Å². The molecule has 26 heavy (non-hydrogen) atoms. The normalized spacial score (nSPS) is 16.2. The minimum atomic E-state index is -0.149. The SMILES string of the molecule is Fc1ccc(CC2CCN(CCNc3nc4ccccc4s3)CC2)cc1. The lowest BCUT2D eigenvalue weighted by molar-refractivity contribution is 0.190. The van der Waals surface area contributed by atoms with Gasteiger partial charge in [-0.1, -0.05) is 35.6 Å². The molecule has 4 rings (SSSR count). The maximum atomic E-state index is 13.0. The van der Waals surface area contributed by atoms with Gasteiger partial charge in [0, 0.05) is 13.1 Å². The van der Waals surface area contributed by atoms with E-state index in [1.165, 1.54) is 23.1 Å². The van der Waals surface area contributed by atoms with Crippen LogP contribution in [0.5, 0.6) is 0 Å². The van der Waals surface area contributed by atoms with E-state index >= 15 is 0 Å². The lowest BCUT2D eigenvalue weighted by atomic mass is 9.90. The Morgan fingerprint density at radius 2 is 1.85 bits per heavy atom. The van der Waals surface area contributed by atoms with E-state index in [0.29, 0.717) is 5.92 Å². The summed E-state index contributed by atoms with van der Waals surface area (Å²) >= 11 is 1.72. The fourth-order valence-electron chi connectivity index (χ4n) is 3.64. The van der Waals surface area contributed by atoms with Gasteiger partial charge >= 0.3 is 0 Å². The summed E-state index contributed by atoms with van der Waals surface area (Å²) in [5.74, 6) is 0.568. The van der Waals surface area contributed by atoms with Crippen molar-refractivity contribution in [2.45, 2.75) is 19.3 Å². The van der Waals surface area contributed by atoms with Gasteiger partial charge in [0.15, 0.2) is 5.13 Å². The number of thiazole rings is 1. The summed E-state index contributed by atoms with van der Waals surface area (Å²) in [6, 6.07) is 15.2. The Bertz CT molecular complexity index is 805. The Hall–Kier alpha value is -1.98. The molecule has 1 aliphatic rings. The molecule has 0 aliphatic carbocycles. The number of nitrogens with one attached hydrogen (secondary N) is 1. The van der Waals surface area contributed by atoms with Crippen LogP contribution in [-0.4, -0.2) is 36.1 Å². The predicted molar refractivity (Wildman–Crippen MR) is 107 cm³/mol. The van der Waals surface area contributed by atoms with E-state index in [1.54, 1.807) is 23.5 Å². The first-order valence-electron chi connectivity index (χ1n) is 9.32. The molecule has 3 aromatic rings. The zero-order valence-electron chi connectivity index (χ0n) is 14.8. The number of anilines is 1. The van der Waals surface area contributed by atoms with Crippen LogP contribution in [-0.2, 0) is 6.42 Å². The van der Waals surface area contributed by atoms with Gasteiger partial charge in [-0.25, -0.2) is 9.37 Å². The van der Waals surface area contributed by atoms with Gasteiger partial charge in [0.1, 0.15) is 5.82 Å². The first-order valence-corrected chi connectivity index (χ1v) is 10.1. The van der Waals surface area contributed by atoms with E-state index in [0.717, 1.165) is 43.2 Å². The smallest absolute Gasteiger partial charge is 0.183 e. The summed E-state index contributed by atoms with van der Waals surface area (Å²) in [6.07, 6.45) is 3.51. The maximum absolute atomic E-state index is 13.0. The molecular formula is C21H24FN3S. The number of rotatable bonds is 6. The van der Waals surface area contributed by atoms with Gasteiger partial charge in [-0.15, -0.1) is 0 Å². The Balaban J connectivity index is 1.19. The van der Waals surface area contributed by atoms with Crippen molar-refractivity contribution in [1.29, 1.82) is 0 Å². The quantitative estimate of drug-likeness (QED) is 0.676. The number of nitrogens with zero attached hydrogens (tertiary/aromatic N) is 2. The van der Waals surface area contributed by atoms with E-state index in [9.17, 15) is 4.39 Å². The fourth-order valence-corrected chi connectivity index (χ4v) is 4.53. The minimum Gasteiger partial charge on any atom is -0.360 e. The molecule has 0 amide bonds. The van der Waals surface area contributed by atoms with E-state index in [2.05, 4.69) is 33.4 Å². The summed E-state index contributed by atoms with van der Waals surface area (Å²) in [6.45, 7) is 4.28. The Kier molecular flexibility index (Phi) is 5.46. The van der Waals surface area contributed by atoms with Gasteiger partial charge in [-0.3, -0.25) is 0 Å². The number of aromatic nitrogens is 1. The third-order valence-corrected chi connectivity index (χ3v) is 6.14. The molecule has 5 heteroatoms. The zero-order valence-corrected chi connectivity index (χ0v) is 15.6. The number of para-hydroxylation sites is 1. The van der Waals surface area contributed by atoms with E-state index < -0.39 is 0 Å². The van der Waals surface area contributed by atoms with Crippen molar-refractivity contribution in [3.63, 3.8) is 0 Å². The summed E-state index contributed by atoms with van der Waals surface area (Å²) < 4.78 is 14.2. The van der Waals surface area contributed by atoms with Crippen molar-refractivity contribution < 1.29 is 4.39 Å². The molecular weight excluding hydrogens is 345 g/mol. The number of benzene rings is 2. The lowest BCUT2D eigenvalue weighted by Crippen LogP contribution is -2.37. The summed E-state index contributed by atoms with van der Waals surface area (Å²) in [5.41, 5.74) is 2.32. The van der Waals surface area contributed by atoms with Gasteiger partial charge in [0.25, 0.3) is 0 Å². The van der Waals surface area contributed by atoms with Gasteiger partial charge < -0.3 is 10.2 Å². The molecule has 0 bridgehead atoms. The second-order valence-corrected chi connectivity index (χ2v) is 8.06. The first-order chi connectivity index (χ1) is 12.8. The molecule has 0 radical (unpaired) electrons. The molecule has 0 unspecified atom stereocenters. The van der Waals surface area contributed by atoms with Crippen LogP contribution in [0.15, 0.2) is 48.5 Å². The van der Waals surface area contributed by atoms with Crippen molar-refractivity contribution in [2.24, 2.45) is 5.92 Å². The number of hydrogen-bond donors (Lipinski definition) is 1. The van der Waals surface area contributed by atoms with Crippen LogP contribution in [0.25, 0.3) is 10.2 Å². The van der Waals surface area contributed by atoms with Crippen LogP contribution < -0.4 is 5.32 Å². The lowest BCUT2D eigenvalue weighted by Gasteiger charge is -2.32. The maximum Gasteiger partial charge on any atom is 0.183 e.